The number of carboxylic acid groups (broad SMARTS) is 2. The van der Waals surface area contributed by atoms with Gasteiger partial charge in [0, 0.05) is 11.8 Å². The van der Waals surface area contributed by atoms with E-state index >= 15 is 0 Å². The van der Waals surface area contributed by atoms with Crippen LogP contribution in [0.3, 0.4) is 0 Å². The summed E-state index contributed by atoms with van der Waals surface area (Å²) in [4.78, 5) is 58.1. The molecule has 1 heterocycles. The molecule has 0 fully saturated rings. The van der Waals surface area contributed by atoms with Crippen LogP contribution in [-0.2, 0) is 9.59 Å². The molecule has 154 valence electrons. The maximum absolute atomic E-state index is 12.4. The number of ether oxygens (including phenoxy) is 1. The summed E-state index contributed by atoms with van der Waals surface area (Å²) >= 11 is 0. The minimum Gasteiger partial charge on any atom is -0.478 e. The molecule has 0 saturated carbocycles. The lowest BCUT2D eigenvalue weighted by Crippen LogP contribution is -2.41. The number of hydrogen-bond donors (Lipinski definition) is 3. The highest BCUT2D eigenvalue weighted by atomic mass is 16.6. The number of aromatic carboxylic acids is 2. The first-order valence-corrected chi connectivity index (χ1v) is 8.29. The van der Waals surface area contributed by atoms with Crippen molar-refractivity contribution in [3.05, 3.63) is 57.6 Å². The van der Waals surface area contributed by atoms with Crippen LogP contribution in [0.2, 0.25) is 0 Å². The molecule has 1 amide bonds. The standard InChI is InChI=1S/C18H13N3O9/c22-15(19-11-4-9(17(24)25)3-10(5-11)18(26)27)7-20-8-16(23)30-14-6-12(21(28)29)1-2-13(14)20/h1-6H,7-8H2,(H,19,22)(H,24,25)(H,26,27). The zero-order valence-corrected chi connectivity index (χ0v) is 15.0. The average Bonchev–Trinajstić information content (AvgIpc) is 2.66. The summed E-state index contributed by atoms with van der Waals surface area (Å²) in [6, 6.07) is 6.72. The fourth-order valence-electron chi connectivity index (χ4n) is 2.82. The first kappa shape index (κ1) is 20.3. The monoisotopic (exact) mass is 415 g/mol. The summed E-state index contributed by atoms with van der Waals surface area (Å²) in [7, 11) is 0. The number of nitro groups is 1. The Labute approximate surface area is 167 Å². The van der Waals surface area contributed by atoms with Crippen LogP contribution in [0.5, 0.6) is 5.75 Å². The molecule has 0 bridgehead atoms. The zero-order chi connectivity index (χ0) is 22.0. The Morgan fingerprint density at radius 1 is 1.10 bits per heavy atom. The van der Waals surface area contributed by atoms with Gasteiger partial charge in [-0.3, -0.25) is 14.9 Å². The van der Waals surface area contributed by atoms with Crippen LogP contribution in [0.15, 0.2) is 36.4 Å². The van der Waals surface area contributed by atoms with Crippen molar-refractivity contribution in [2.45, 2.75) is 0 Å². The highest BCUT2D eigenvalue weighted by molar-refractivity contribution is 6.00. The number of nitrogens with zero attached hydrogens (tertiary/aromatic N) is 2. The van der Waals surface area contributed by atoms with Crippen LogP contribution >= 0.6 is 0 Å². The van der Waals surface area contributed by atoms with E-state index in [1.807, 2.05) is 0 Å². The van der Waals surface area contributed by atoms with E-state index in [0.29, 0.717) is 0 Å². The lowest BCUT2D eigenvalue weighted by molar-refractivity contribution is -0.384. The first-order chi connectivity index (χ1) is 14.1. The second-order valence-electron chi connectivity index (χ2n) is 6.20. The maximum atomic E-state index is 12.4. The van der Waals surface area contributed by atoms with Crippen molar-refractivity contribution in [2.24, 2.45) is 0 Å². The summed E-state index contributed by atoms with van der Waals surface area (Å²) in [5.41, 5.74) is -0.727. The van der Waals surface area contributed by atoms with Crippen molar-refractivity contribution in [1.82, 2.24) is 0 Å². The molecule has 3 N–H and O–H groups in total. The predicted octanol–water partition coefficient (Wildman–Crippen LogP) is 1.36. The van der Waals surface area contributed by atoms with Gasteiger partial charge in [0.25, 0.3) is 5.69 Å². The summed E-state index contributed by atoms with van der Waals surface area (Å²) in [6.45, 7) is -0.673. The second-order valence-corrected chi connectivity index (χ2v) is 6.20. The quantitative estimate of drug-likeness (QED) is 0.270. The van der Waals surface area contributed by atoms with Crippen LogP contribution < -0.4 is 15.0 Å². The number of nitro benzene ring substituents is 1. The Morgan fingerprint density at radius 3 is 2.30 bits per heavy atom. The van der Waals surface area contributed by atoms with E-state index in [1.54, 1.807) is 0 Å². The van der Waals surface area contributed by atoms with Crippen LogP contribution in [0.25, 0.3) is 0 Å². The van der Waals surface area contributed by atoms with E-state index in [2.05, 4.69) is 5.32 Å². The van der Waals surface area contributed by atoms with Gasteiger partial charge in [0.15, 0.2) is 5.75 Å². The summed E-state index contributed by atoms with van der Waals surface area (Å²) < 4.78 is 4.99. The summed E-state index contributed by atoms with van der Waals surface area (Å²) in [6.07, 6.45) is 0. The topological polar surface area (TPSA) is 176 Å². The van der Waals surface area contributed by atoms with Crippen molar-refractivity contribution < 1.29 is 39.1 Å². The molecule has 0 aromatic heterocycles. The van der Waals surface area contributed by atoms with E-state index in [4.69, 9.17) is 14.9 Å². The first-order valence-electron chi connectivity index (χ1n) is 8.29. The Bertz CT molecular complexity index is 1060. The highest BCUT2D eigenvalue weighted by Crippen LogP contribution is 2.35. The third kappa shape index (κ3) is 4.32. The van der Waals surface area contributed by atoms with Gasteiger partial charge in [0.2, 0.25) is 5.91 Å². The number of rotatable bonds is 6. The van der Waals surface area contributed by atoms with Gasteiger partial charge in [-0.15, -0.1) is 0 Å². The Balaban J connectivity index is 1.82. The van der Waals surface area contributed by atoms with Crippen molar-refractivity contribution in [1.29, 1.82) is 0 Å². The van der Waals surface area contributed by atoms with E-state index in [1.165, 1.54) is 17.0 Å². The van der Waals surface area contributed by atoms with Gasteiger partial charge in [-0.05, 0) is 24.3 Å². The van der Waals surface area contributed by atoms with Crippen molar-refractivity contribution in [3.8, 4) is 5.75 Å². The third-order valence-electron chi connectivity index (χ3n) is 4.08. The van der Waals surface area contributed by atoms with E-state index in [-0.39, 0.29) is 47.0 Å². The Morgan fingerprint density at radius 2 is 1.73 bits per heavy atom. The van der Waals surface area contributed by atoms with Crippen molar-refractivity contribution in [2.75, 3.05) is 23.3 Å². The number of carbonyl (C=O) groups is 4. The normalized spacial score (nSPS) is 12.5. The average molecular weight is 415 g/mol. The minimum atomic E-state index is -1.37. The maximum Gasteiger partial charge on any atom is 0.335 e. The number of hydrogen-bond acceptors (Lipinski definition) is 8. The molecule has 0 spiro atoms. The van der Waals surface area contributed by atoms with Gasteiger partial charge in [-0.25, -0.2) is 14.4 Å². The van der Waals surface area contributed by atoms with Crippen molar-refractivity contribution >= 4 is 40.9 Å². The number of nitrogens with one attached hydrogen (secondary N) is 1. The minimum absolute atomic E-state index is 0.0548. The molecule has 12 nitrogen and oxygen atoms in total. The van der Waals surface area contributed by atoms with Gasteiger partial charge in [0.05, 0.1) is 34.3 Å². The third-order valence-corrected chi connectivity index (χ3v) is 4.08. The van der Waals surface area contributed by atoms with Crippen LogP contribution in [0.4, 0.5) is 17.1 Å². The number of amides is 1. The second kappa shape index (κ2) is 7.87. The molecule has 0 atom stereocenters. The highest BCUT2D eigenvalue weighted by Gasteiger charge is 2.27. The zero-order valence-electron chi connectivity index (χ0n) is 15.0. The molecule has 0 radical (unpaired) electrons. The molecule has 12 heteroatoms. The molecule has 1 aliphatic rings. The number of benzene rings is 2. The Kier molecular flexibility index (Phi) is 5.31. The molecule has 2 aromatic rings. The molecule has 0 saturated heterocycles. The summed E-state index contributed by atoms with van der Waals surface area (Å²) in [5, 5.41) is 31.5. The molecular formula is C18H13N3O9. The van der Waals surface area contributed by atoms with Gasteiger partial charge in [-0.2, -0.15) is 0 Å². The Hall–Kier alpha value is -4.48. The van der Waals surface area contributed by atoms with Crippen molar-refractivity contribution in [3.63, 3.8) is 0 Å². The number of carboxylic acids is 2. The molecule has 1 aliphatic heterocycles. The largest absolute Gasteiger partial charge is 0.478 e. The lowest BCUT2D eigenvalue weighted by Gasteiger charge is -2.29. The lowest BCUT2D eigenvalue weighted by atomic mass is 10.1. The SMILES string of the molecule is O=C(CN1CC(=O)Oc2cc([N+](=O)[O-])ccc21)Nc1cc(C(=O)O)cc(C(=O)O)c1. The molecule has 0 aliphatic carbocycles. The van der Waals surface area contributed by atoms with E-state index < -0.39 is 28.7 Å². The number of anilines is 2. The number of fused-ring (bicyclic) bond motifs is 1. The summed E-state index contributed by atoms with van der Waals surface area (Å²) in [5.74, 6) is -4.22. The van der Waals surface area contributed by atoms with Crippen LogP contribution in [0.1, 0.15) is 20.7 Å². The van der Waals surface area contributed by atoms with Crippen LogP contribution in [0, 0.1) is 10.1 Å². The molecule has 3 rings (SSSR count). The number of non-ortho nitro benzene ring substituents is 1. The van der Waals surface area contributed by atoms with Gasteiger partial charge in [-0.1, -0.05) is 0 Å². The van der Waals surface area contributed by atoms with Gasteiger partial charge >= 0.3 is 17.9 Å². The fraction of sp³-hybridized carbons (Fsp3) is 0.111. The number of carbonyl (C=O) groups excluding carboxylic acids is 2. The predicted molar refractivity (Wildman–Crippen MR) is 99.9 cm³/mol. The van der Waals surface area contributed by atoms with Gasteiger partial charge < -0.3 is 25.2 Å². The van der Waals surface area contributed by atoms with Crippen LogP contribution in [-0.4, -0.2) is 52.0 Å². The van der Waals surface area contributed by atoms with E-state index in [0.717, 1.165) is 24.3 Å². The molecular weight excluding hydrogens is 402 g/mol. The molecule has 0 unspecified atom stereocenters. The molecule has 2 aromatic carbocycles. The van der Waals surface area contributed by atoms with Gasteiger partial charge in [0.1, 0.15) is 6.54 Å². The smallest absolute Gasteiger partial charge is 0.335 e. The van der Waals surface area contributed by atoms with E-state index in [9.17, 15) is 29.3 Å². The fourth-order valence-corrected chi connectivity index (χ4v) is 2.82. The number of esters is 1. The molecule has 30 heavy (non-hydrogen) atoms.